The molecule has 2 fully saturated rings. The second-order valence-corrected chi connectivity index (χ2v) is 5.78. The van der Waals surface area contributed by atoms with Crippen LogP contribution in [0.4, 0.5) is 0 Å². The molecule has 0 spiro atoms. The van der Waals surface area contributed by atoms with Gasteiger partial charge in [-0.15, -0.1) is 6.42 Å². The molecule has 108 valence electrons. The van der Waals surface area contributed by atoms with Crippen molar-refractivity contribution in [3.63, 3.8) is 0 Å². The first kappa shape index (κ1) is 14.9. The Balaban J connectivity index is 1.87. The van der Waals surface area contributed by atoms with Gasteiger partial charge in [-0.1, -0.05) is 31.6 Å². The van der Waals surface area contributed by atoms with E-state index in [1.807, 2.05) is 0 Å². The zero-order chi connectivity index (χ0) is 14.4. The minimum absolute atomic E-state index is 0.0266. The summed E-state index contributed by atoms with van der Waals surface area (Å²) in [5.41, 5.74) is 0. The van der Waals surface area contributed by atoms with Crippen LogP contribution in [0.3, 0.4) is 0 Å². The lowest BCUT2D eigenvalue weighted by Gasteiger charge is -2.25. The Morgan fingerprint density at radius 1 is 1.15 bits per heavy atom. The van der Waals surface area contributed by atoms with Gasteiger partial charge in [0, 0.05) is 6.04 Å². The van der Waals surface area contributed by atoms with E-state index < -0.39 is 0 Å². The third kappa shape index (κ3) is 3.52. The highest BCUT2D eigenvalue weighted by Gasteiger charge is 2.35. The van der Waals surface area contributed by atoms with E-state index in [-0.39, 0.29) is 18.0 Å². The summed E-state index contributed by atoms with van der Waals surface area (Å²) in [6.45, 7) is 0.307. The van der Waals surface area contributed by atoms with Crippen LogP contribution < -0.4 is 5.32 Å². The zero-order valence-corrected chi connectivity index (χ0v) is 12.0. The number of terminal acetylenes is 1. The van der Waals surface area contributed by atoms with Crippen LogP contribution in [0.1, 0.15) is 51.4 Å². The van der Waals surface area contributed by atoms with Crippen molar-refractivity contribution in [1.82, 2.24) is 10.2 Å². The fraction of sp³-hybridized carbons (Fsp3) is 0.750. The average Bonchev–Trinajstić information content (AvgIpc) is 2.72. The topological polar surface area (TPSA) is 56.1 Å². The van der Waals surface area contributed by atoms with E-state index in [4.69, 9.17) is 11.7 Å². The smallest absolute Gasteiger partial charge is 0.238 e. The second kappa shape index (κ2) is 7.31. The van der Waals surface area contributed by atoms with Crippen molar-refractivity contribution in [2.75, 3.05) is 6.54 Å². The summed E-state index contributed by atoms with van der Waals surface area (Å²) in [6.07, 6.45) is 14.3. The van der Waals surface area contributed by atoms with Crippen LogP contribution in [0, 0.1) is 23.7 Å². The third-order valence-electron chi connectivity index (χ3n) is 4.41. The van der Waals surface area contributed by atoms with E-state index in [9.17, 15) is 4.79 Å². The monoisotopic (exact) mass is 273 g/mol. The van der Waals surface area contributed by atoms with Gasteiger partial charge in [0.1, 0.15) is 6.04 Å². The van der Waals surface area contributed by atoms with Crippen LogP contribution in [-0.4, -0.2) is 35.5 Å². The minimum atomic E-state index is -0.348. The highest BCUT2D eigenvalue weighted by molar-refractivity contribution is 5.80. The molecule has 1 saturated carbocycles. The summed E-state index contributed by atoms with van der Waals surface area (Å²) in [5.74, 6) is 2.61. The average molecular weight is 273 g/mol. The van der Waals surface area contributed by atoms with Crippen molar-refractivity contribution in [2.45, 2.75) is 69.5 Å². The molecular formula is C16H23N3O. The van der Waals surface area contributed by atoms with E-state index in [2.05, 4.69) is 17.3 Å². The molecule has 1 N–H and O–H groups in total. The maximum absolute atomic E-state index is 12.3. The molecule has 0 bridgehead atoms. The summed E-state index contributed by atoms with van der Waals surface area (Å²) >= 11 is 0. The molecule has 1 saturated heterocycles. The van der Waals surface area contributed by atoms with Crippen LogP contribution >= 0.6 is 0 Å². The van der Waals surface area contributed by atoms with Crippen LogP contribution in [0.25, 0.3) is 0 Å². The number of nitriles is 1. The molecule has 0 aromatic rings. The lowest BCUT2D eigenvalue weighted by Crippen LogP contribution is -2.46. The van der Waals surface area contributed by atoms with Crippen molar-refractivity contribution in [1.29, 1.82) is 5.26 Å². The molecule has 2 rings (SSSR count). The normalized spacial score (nSPS) is 27.6. The Labute approximate surface area is 121 Å². The number of nitrogens with zero attached hydrogens (tertiary/aromatic N) is 2. The number of hydrogen-bond donors (Lipinski definition) is 1. The highest BCUT2D eigenvalue weighted by atomic mass is 16.2. The summed E-state index contributed by atoms with van der Waals surface area (Å²) < 4.78 is 0. The molecule has 2 unspecified atom stereocenters. The van der Waals surface area contributed by atoms with Gasteiger partial charge in [0.25, 0.3) is 0 Å². The number of carbonyl (C=O) groups excluding carboxylic acids is 1. The SMILES string of the molecule is C#CC1CCC(C#N)N1C(=O)CNC1CCCCCC1. The van der Waals surface area contributed by atoms with Crippen molar-refractivity contribution in [2.24, 2.45) is 0 Å². The molecule has 0 aromatic heterocycles. The first-order valence-electron chi connectivity index (χ1n) is 7.66. The molecule has 0 radical (unpaired) electrons. The number of hydrogen-bond acceptors (Lipinski definition) is 3. The molecule has 4 heteroatoms. The first-order chi connectivity index (χ1) is 9.76. The van der Waals surface area contributed by atoms with E-state index in [1.54, 1.807) is 4.90 Å². The van der Waals surface area contributed by atoms with E-state index in [0.29, 0.717) is 19.0 Å². The Morgan fingerprint density at radius 3 is 2.40 bits per heavy atom. The van der Waals surface area contributed by atoms with Crippen LogP contribution in [0.15, 0.2) is 0 Å². The molecule has 1 aliphatic carbocycles. The van der Waals surface area contributed by atoms with Gasteiger partial charge in [-0.2, -0.15) is 5.26 Å². The fourth-order valence-electron chi connectivity index (χ4n) is 3.26. The number of carbonyl (C=O) groups is 1. The van der Waals surface area contributed by atoms with Gasteiger partial charge in [0.15, 0.2) is 0 Å². The van der Waals surface area contributed by atoms with Gasteiger partial charge < -0.3 is 10.2 Å². The molecule has 4 nitrogen and oxygen atoms in total. The Hall–Kier alpha value is -1.52. The Kier molecular flexibility index (Phi) is 5.44. The lowest BCUT2D eigenvalue weighted by atomic mass is 10.1. The largest absolute Gasteiger partial charge is 0.312 e. The van der Waals surface area contributed by atoms with Crippen molar-refractivity contribution in [3.8, 4) is 18.4 Å². The molecule has 1 heterocycles. The third-order valence-corrected chi connectivity index (χ3v) is 4.41. The van der Waals surface area contributed by atoms with Gasteiger partial charge >= 0.3 is 0 Å². The summed E-state index contributed by atoms with van der Waals surface area (Å²) in [4.78, 5) is 13.9. The maximum atomic E-state index is 12.3. The summed E-state index contributed by atoms with van der Waals surface area (Å²) in [5, 5.41) is 12.5. The molecule has 0 aromatic carbocycles. The van der Waals surface area contributed by atoms with Crippen LogP contribution in [0.2, 0.25) is 0 Å². The van der Waals surface area contributed by atoms with Crippen molar-refractivity contribution < 1.29 is 4.79 Å². The summed E-state index contributed by atoms with van der Waals surface area (Å²) in [6, 6.07) is 2.07. The first-order valence-corrected chi connectivity index (χ1v) is 7.66. The number of likely N-dealkylation sites (tertiary alicyclic amines) is 1. The van der Waals surface area contributed by atoms with E-state index in [0.717, 1.165) is 19.3 Å². The molecule has 20 heavy (non-hydrogen) atoms. The quantitative estimate of drug-likeness (QED) is 0.630. The Bertz CT molecular complexity index is 390. The fourth-order valence-corrected chi connectivity index (χ4v) is 3.26. The van der Waals surface area contributed by atoms with E-state index in [1.165, 1.54) is 25.7 Å². The molecule has 1 amide bonds. The molecule has 1 aliphatic heterocycles. The van der Waals surface area contributed by atoms with Gasteiger partial charge in [-0.25, -0.2) is 0 Å². The Morgan fingerprint density at radius 2 is 1.80 bits per heavy atom. The molecule has 2 aliphatic rings. The standard InChI is InChI=1S/C16H23N3O/c1-2-14-9-10-15(11-17)19(14)16(20)12-18-13-7-5-3-4-6-8-13/h1,13-15,18H,3-10,12H2. The predicted molar refractivity (Wildman–Crippen MR) is 77.6 cm³/mol. The number of nitrogens with one attached hydrogen (secondary N) is 1. The van der Waals surface area contributed by atoms with Crippen molar-refractivity contribution in [3.05, 3.63) is 0 Å². The van der Waals surface area contributed by atoms with Gasteiger partial charge in [-0.05, 0) is 25.7 Å². The van der Waals surface area contributed by atoms with Crippen molar-refractivity contribution >= 4 is 5.91 Å². The number of amides is 1. The predicted octanol–water partition coefficient (Wildman–Crippen LogP) is 1.82. The second-order valence-electron chi connectivity index (χ2n) is 5.78. The lowest BCUT2D eigenvalue weighted by molar-refractivity contribution is -0.131. The van der Waals surface area contributed by atoms with Crippen LogP contribution in [0.5, 0.6) is 0 Å². The summed E-state index contributed by atoms with van der Waals surface area (Å²) in [7, 11) is 0. The molecule has 2 atom stereocenters. The van der Waals surface area contributed by atoms with Gasteiger partial charge in [0.05, 0.1) is 18.7 Å². The van der Waals surface area contributed by atoms with Gasteiger partial charge in [-0.3, -0.25) is 4.79 Å². The van der Waals surface area contributed by atoms with Crippen LogP contribution in [-0.2, 0) is 4.79 Å². The van der Waals surface area contributed by atoms with Gasteiger partial charge in [0.2, 0.25) is 5.91 Å². The zero-order valence-electron chi connectivity index (χ0n) is 12.0. The van der Waals surface area contributed by atoms with E-state index >= 15 is 0 Å². The highest BCUT2D eigenvalue weighted by Crippen LogP contribution is 2.23. The number of rotatable bonds is 3. The molecular weight excluding hydrogens is 250 g/mol. The minimum Gasteiger partial charge on any atom is -0.312 e. The maximum Gasteiger partial charge on any atom is 0.238 e.